The van der Waals surface area contributed by atoms with Crippen LogP contribution in [0.3, 0.4) is 0 Å². The molecule has 1 aromatic heterocycles. The molecule has 0 bridgehead atoms. The Morgan fingerprint density at radius 1 is 1.04 bits per heavy atom. The summed E-state index contributed by atoms with van der Waals surface area (Å²) in [6.07, 6.45) is 7.73. The van der Waals surface area contributed by atoms with E-state index in [1.54, 1.807) is 6.08 Å². The van der Waals surface area contributed by atoms with Crippen LogP contribution in [0.1, 0.15) is 35.2 Å². The van der Waals surface area contributed by atoms with E-state index in [-0.39, 0.29) is 5.97 Å². The van der Waals surface area contributed by atoms with Crippen molar-refractivity contribution in [2.24, 2.45) is 0 Å². The number of unbranched alkanes of at least 4 members (excludes halogenated alkanes) is 1. The molecule has 26 heavy (non-hydrogen) atoms. The first-order valence-electron chi connectivity index (χ1n) is 9.08. The monoisotopic (exact) mass is 347 g/mol. The van der Waals surface area contributed by atoms with E-state index in [1.165, 1.54) is 47.3 Å². The minimum Gasteiger partial charge on any atom is -0.466 e. The van der Waals surface area contributed by atoms with Gasteiger partial charge in [-0.05, 0) is 61.4 Å². The fourth-order valence-electron chi connectivity index (χ4n) is 3.32. The molecule has 0 aliphatic rings. The van der Waals surface area contributed by atoms with Crippen molar-refractivity contribution in [2.45, 2.75) is 32.6 Å². The molecule has 1 heterocycles. The molecule has 0 aliphatic carbocycles. The van der Waals surface area contributed by atoms with Crippen LogP contribution in [0.2, 0.25) is 0 Å². The Morgan fingerprint density at radius 2 is 1.77 bits per heavy atom. The largest absolute Gasteiger partial charge is 0.466 e. The first kappa shape index (κ1) is 18.0. The topological polar surface area (TPSA) is 42.1 Å². The summed E-state index contributed by atoms with van der Waals surface area (Å²) in [5.74, 6) is -0.332. The smallest absolute Gasteiger partial charge is 0.330 e. The average Bonchev–Trinajstić information content (AvgIpc) is 2.99. The van der Waals surface area contributed by atoms with Crippen molar-refractivity contribution >= 4 is 22.9 Å². The molecule has 0 spiro atoms. The number of H-pyrrole nitrogens is 1. The quantitative estimate of drug-likeness (QED) is 0.361. The number of methoxy groups -OCH3 is 1. The van der Waals surface area contributed by atoms with Gasteiger partial charge in [0.1, 0.15) is 0 Å². The van der Waals surface area contributed by atoms with E-state index < -0.39 is 0 Å². The number of nitrogens with one attached hydrogen (secondary N) is 1. The van der Waals surface area contributed by atoms with Gasteiger partial charge in [-0.25, -0.2) is 4.79 Å². The predicted octanol–water partition coefficient (Wildman–Crippen LogP) is 5.23. The van der Waals surface area contributed by atoms with Gasteiger partial charge in [0.15, 0.2) is 0 Å². The summed E-state index contributed by atoms with van der Waals surface area (Å²) in [7, 11) is 1.38. The lowest BCUT2D eigenvalue weighted by Crippen LogP contribution is -1.93. The van der Waals surface area contributed by atoms with Crippen LogP contribution in [-0.2, 0) is 22.4 Å². The number of aryl methyl sites for hydroxylation is 3. The molecule has 3 heteroatoms. The highest BCUT2D eigenvalue weighted by Crippen LogP contribution is 2.23. The van der Waals surface area contributed by atoms with Crippen molar-refractivity contribution in [2.75, 3.05) is 7.11 Å². The summed E-state index contributed by atoms with van der Waals surface area (Å²) in [6, 6.07) is 16.9. The fraction of sp³-hybridized carbons (Fsp3) is 0.261. The third kappa shape index (κ3) is 4.42. The van der Waals surface area contributed by atoms with Gasteiger partial charge in [0, 0.05) is 22.7 Å². The molecule has 0 fully saturated rings. The molecule has 0 saturated heterocycles. The van der Waals surface area contributed by atoms with E-state index in [9.17, 15) is 4.79 Å². The molecule has 134 valence electrons. The van der Waals surface area contributed by atoms with Gasteiger partial charge in [0.05, 0.1) is 7.11 Å². The summed E-state index contributed by atoms with van der Waals surface area (Å²) in [5, 5.41) is 1.35. The van der Waals surface area contributed by atoms with Gasteiger partial charge < -0.3 is 9.72 Å². The fourth-order valence-corrected chi connectivity index (χ4v) is 3.32. The Hall–Kier alpha value is -2.81. The Bertz CT molecular complexity index is 904. The zero-order valence-corrected chi connectivity index (χ0v) is 15.4. The number of aromatic nitrogens is 1. The van der Waals surface area contributed by atoms with Gasteiger partial charge >= 0.3 is 5.97 Å². The highest BCUT2D eigenvalue weighted by Gasteiger charge is 2.07. The molecule has 2 aromatic carbocycles. The summed E-state index contributed by atoms with van der Waals surface area (Å²) in [5.41, 5.74) is 6.30. The standard InChI is InChI=1S/C23H25NO2/c1-17-20(21-9-5-6-10-22(21)24-17)8-4-3-7-18-11-13-19(14-12-18)15-16-23(25)26-2/h5-6,9-16,24H,3-4,7-8H2,1-2H3/b16-15+. The molecule has 3 aromatic rings. The molecule has 0 amide bonds. The highest BCUT2D eigenvalue weighted by molar-refractivity contribution is 5.87. The van der Waals surface area contributed by atoms with Crippen molar-refractivity contribution in [3.05, 3.63) is 77.0 Å². The first-order chi connectivity index (χ1) is 12.7. The number of carbonyl (C=O) groups excluding carboxylic acids is 1. The van der Waals surface area contributed by atoms with Crippen LogP contribution in [0.15, 0.2) is 54.6 Å². The third-order valence-corrected chi connectivity index (χ3v) is 4.76. The number of ether oxygens (including phenoxy) is 1. The van der Waals surface area contributed by atoms with E-state index in [0.717, 1.165) is 24.8 Å². The number of aromatic amines is 1. The van der Waals surface area contributed by atoms with Crippen LogP contribution in [0.5, 0.6) is 0 Å². The lowest BCUT2D eigenvalue weighted by atomic mass is 10.0. The summed E-state index contributed by atoms with van der Waals surface area (Å²) in [4.78, 5) is 14.6. The van der Waals surface area contributed by atoms with Crippen molar-refractivity contribution in [3.8, 4) is 0 Å². The first-order valence-corrected chi connectivity index (χ1v) is 9.08. The van der Waals surface area contributed by atoms with E-state index >= 15 is 0 Å². The number of hydrogen-bond acceptors (Lipinski definition) is 2. The molecule has 0 radical (unpaired) electrons. The van der Waals surface area contributed by atoms with Gasteiger partial charge in [0.25, 0.3) is 0 Å². The molecule has 3 rings (SSSR count). The molecule has 0 unspecified atom stereocenters. The minimum absolute atomic E-state index is 0.332. The predicted molar refractivity (Wildman–Crippen MR) is 107 cm³/mol. The van der Waals surface area contributed by atoms with Crippen LogP contribution in [0.25, 0.3) is 17.0 Å². The number of rotatable bonds is 7. The van der Waals surface area contributed by atoms with E-state index in [2.05, 4.69) is 53.0 Å². The van der Waals surface area contributed by atoms with Crippen molar-refractivity contribution in [1.82, 2.24) is 4.98 Å². The zero-order valence-electron chi connectivity index (χ0n) is 15.4. The Labute approximate surface area is 154 Å². The second kappa shape index (κ2) is 8.52. The molecule has 1 N–H and O–H groups in total. The van der Waals surface area contributed by atoms with Crippen LogP contribution >= 0.6 is 0 Å². The second-order valence-electron chi connectivity index (χ2n) is 6.58. The normalized spacial score (nSPS) is 11.3. The third-order valence-electron chi connectivity index (χ3n) is 4.76. The molecular formula is C23H25NO2. The Morgan fingerprint density at radius 3 is 2.54 bits per heavy atom. The van der Waals surface area contributed by atoms with Crippen molar-refractivity contribution in [1.29, 1.82) is 0 Å². The van der Waals surface area contributed by atoms with Gasteiger partial charge in [-0.1, -0.05) is 42.5 Å². The van der Waals surface area contributed by atoms with E-state index in [1.807, 2.05) is 12.1 Å². The van der Waals surface area contributed by atoms with Crippen LogP contribution in [-0.4, -0.2) is 18.1 Å². The molecule has 0 aliphatic heterocycles. The lowest BCUT2D eigenvalue weighted by molar-refractivity contribution is -0.134. The number of esters is 1. The maximum atomic E-state index is 11.1. The van der Waals surface area contributed by atoms with Crippen molar-refractivity contribution in [3.63, 3.8) is 0 Å². The number of benzene rings is 2. The molecule has 3 nitrogen and oxygen atoms in total. The van der Waals surface area contributed by atoms with Gasteiger partial charge in [-0.3, -0.25) is 0 Å². The van der Waals surface area contributed by atoms with Crippen LogP contribution < -0.4 is 0 Å². The van der Waals surface area contributed by atoms with E-state index in [4.69, 9.17) is 0 Å². The number of fused-ring (bicyclic) bond motifs is 1. The number of hydrogen-bond donors (Lipinski definition) is 1. The maximum absolute atomic E-state index is 11.1. The lowest BCUT2D eigenvalue weighted by Gasteiger charge is -2.04. The summed E-state index contributed by atoms with van der Waals surface area (Å²) >= 11 is 0. The minimum atomic E-state index is -0.332. The van der Waals surface area contributed by atoms with Gasteiger partial charge in [-0.2, -0.15) is 0 Å². The summed E-state index contributed by atoms with van der Waals surface area (Å²) in [6.45, 7) is 2.16. The van der Waals surface area contributed by atoms with Crippen LogP contribution in [0, 0.1) is 6.92 Å². The molecule has 0 saturated carbocycles. The SMILES string of the molecule is COC(=O)/C=C/c1ccc(CCCCc2c(C)[nH]c3ccccc23)cc1. The van der Waals surface area contributed by atoms with E-state index in [0.29, 0.717) is 0 Å². The highest BCUT2D eigenvalue weighted by atomic mass is 16.5. The van der Waals surface area contributed by atoms with Crippen molar-refractivity contribution < 1.29 is 9.53 Å². The summed E-state index contributed by atoms with van der Waals surface area (Å²) < 4.78 is 4.60. The average molecular weight is 347 g/mol. The molecular weight excluding hydrogens is 322 g/mol. The number of para-hydroxylation sites is 1. The zero-order chi connectivity index (χ0) is 18.4. The Balaban J connectivity index is 1.51. The van der Waals surface area contributed by atoms with Gasteiger partial charge in [0.2, 0.25) is 0 Å². The van der Waals surface area contributed by atoms with Crippen LogP contribution in [0.4, 0.5) is 0 Å². The molecule has 0 atom stereocenters. The number of carbonyl (C=O) groups is 1. The second-order valence-corrected chi connectivity index (χ2v) is 6.58. The maximum Gasteiger partial charge on any atom is 0.330 e. The van der Waals surface area contributed by atoms with Gasteiger partial charge in [-0.15, -0.1) is 0 Å². The Kier molecular flexibility index (Phi) is 5.90.